The number of rotatable bonds is 13. The van der Waals surface area contributed by atoms with Crippen LogP contribution in [0.3, 0.4) is 0 Å². The van der Waals surface area contributed by atoms with E-state index in [4.69, 9.17) is 23.4 Å². The molecule has 0 heterocycles. The summed E-state index contributed by atoms with van der Waals surface area (Å²) in [5.74, 6) is 0. The fraction of sp³-hybridized carbons (Fsp3) is 1.00. The molecule has 0 aromatic rings. The summed E-state index contributed by atoms with van der Waals surface area (Å²) in [4.78, 5) is 9.79. The first-order valence-electron chi connectivity index (χ1n) is 6.55. The van der Waals surface area contributed by atoms with Gasteiger partial charge in [0.25, 0.3) is 0 Å². The molecule has 0 bridgehead atoms. The van der Waals surface area contributed by atoms with Crippen molar-refractivity contribution in [3.05, 3.63) is 0 Å². The second-order valence-electron chi connectivity index (χ2n) is 3.59. The van der Waals surface area contributed by atoms with E-state index in [1.807, 2.05) is 13.8 Å². The Morgan fingerprint density at radius 3 is 1.89 bits per heavy atom. The summed E-state index contributed by atoms with van der Waals surface area (Å²) < 4.78 is 21.1. The monoisotopic (exact) mass is 302 g/mol. The van der Waals surface area contributed by atoms with Crippen molar-refractivity contribution in [1.29, 1.82) is 0 Å². The maximum atomic E-state index is 5.60. The number of hydrogen-bond acceptors (Lipinski definition) is 6. The summed E-state index contributed by atoms with van der Waals surface area (Å²) in [6.07, 6.45) is 4.42. The van der Waals surface area contributed by atoms with Crippen LogP contribution in [0.4, 0.5) is 0 Å². The Balaban J connectivity index is 4.07. The molecule has 0 unspecified atom stereocenters. The standard InChI is InChI=1S/C6H13O.2C2H6O2.CH3O.Ti/c1-2-3-4-5-6-7;2*1-2-4-3;1-2;/h2-6H2,1H3;2*3H,2H2,1H3;1H3;/q-1;;;-1;+4/p-2. The van der Waals surface area contributed by atoms with Gasteiger partial charge in [0.1, 0.15) is 0 Å². The van der Waals surface area contributed by atoms with Gasteiger partial charge in [-0.25, -0.2) is 0 Å². The van der Waals surface area contributed by atoms with Crippen molar-refractivity contribution in [1.82, 2.24) is 0 Å². The van der Waals surface area contributed by atoms with Crippen molar-refractivity contribution in [2.24, 2.45) is 0 Å². The molecular formula is C11H26O6Ti. The molecule has 7 heteroatoms. The minimum atomic E-state index is -3.86. The zero-order chi connectivity index (χ0) is 13.7. The molecule has 0 rings (SSSR count). The third-order valence-electron chi connectivity index (χ3n) is 2.08. The molecule has 0 saturated heterocycles. The zero-order valence-corrected chi connectivity index (χ0v) is 13.5. The summed E-state index contributed by atoms with van der Waals surface area (Å²) in [7, 11) is 1.48. The summed E-state index contributed by atoms with van der Waals surface area (Å²) in [5, 5.41) is 0. The second kappa shape index (κ2) is 12.5. The molecule has 0 fully saturated rings. The predicted octanol–water partition coefficient (Wildman–Crippen LogP) is 2.98. The van der Waals surface area contributed by atoms with Crippen molar-refractivity contribution < 1.29 is 41.5 Å². The molecule has 110 valence electrons. The minimum absolute atomic E-state index is 0.394. The van der Waals surface area contributed by atoms with Gasteiger partial charge in [-0.15, -0.1) is 0 Å². The second-order valence-corrected chi connectivity index (χ2v) is 6.76. The van der Waals surface area contributed by atoms with Crippen LogP contribution in [0.2, 0.25) is 0 Å². The molecule has 0 aromatic carbocycles. The Morgan fingerprint density at radius 1 is 0.833 bits per heavy atom. The van der Waals surface area contributed by atoms with Crippen molar-refractivity contribution in [3.8, 4) is 0 Å². The molecular weight excluding hydrogens is 276 g/mol. The van der Waals surface area contributed by atoms with E-state index in [2.05, 4.69) is 6.92 Å². The van der Waals surface area contributed by atoms with Crippen LogP contribution in [-0.4, -0.2) is 26.9 Å². The summed E-state index contributed by atoms with van der Waals surface area (Å²) in [6.45, 7) is 7.09. The van der Waals surface area contributed by atoms with Crippen molar-refractivity contribution in [3.63, 3.8) is 0 Å². The quantitative estimate of drug-likeness (QED) is 0.226. The molecule has 18 heavy (non-hydrogen) atoms. The van der Waals surface area contributed by atoms with Crippen LogP contribution in [0.15, 0.2) is 0 Å². The van der Waals surface area contributed by atoms with Gasteiger partial charge in [-0.3, -0.25) is 0 Å². The first-order chi connectivity index (χ1) is 8.74. The van der Waals surface area contributed by atoms with Crippen LogP contribution in [0.5, 0.6) is 0 Å². The van der Waals surface area contributed by atoms with Crippen LogP contribution < -0.4 is 0 Å². The van der Waals surface area contributed by atoms with Crippen LogP contribution in [0, 0.1) is 0 Å². The average molecular weight is 302 g/mol. The van der Waals surface area contributed by atoms with Gasteiger partial charge in [-0.05, 0) is 0 Å². The van der Waals surface area contributed by atoms with E-state index >= 15 is 0 Å². The Kier molecular flexibility index (Phi) is 12.8. The van der Waals surface area contributed by atoms with Crippen molar-refractivity contribution in [2.45, 2.75) is 46.5 Å². The first-order valence-corrected chi connectivity index (χ1v) is 9.10. The Bertz CT molecular complexity index is 173. The molecule has 0 atom stereocenters. The van der Waals surface area contributed by atoms with Gasteiger partial charge in [0.2, 0.25) is 0 Å². The molecule has 0 aliphatic rings. The molecule has 0 radical (unpaired) electrons. The maximum absolute atomic E-state index is 5.60. The summed E-state index contributed by atoms with van der Waals surface area (Å²) in [6, 6.07) is 0. The van der Waals surface area contributed by atoms with Crippen LogP contribution >= 0.6 is 0 Å². The average Bonchev–Trinajstić information content (AvgIpc) is 2.41. The van der Waals surface area contributed by atoms with Gasteiger partial charge < -0.3 is 0 Å². The molecule has 0 aliphatic carbocycles. The molecule has 0 aromatic heterocycles. The normalized spacial score (nSPS) is 12.0. The SMILES string of the molecule is CCCCCC[O][Ti]([O]C)([O]OCC)[O]OCC. The van der Waals surface area contributed by atoms with Gasteiger partial charge in [0.05, 0.1) is 0 Å². The Labute approximate surface area is 115 Å². The van der Waals surface area contributed by atoms with Crippen molar-refractivity contribution >= 4 is 0 Å². The fourth-order valence-corrected chi connectivity index (χ4v) is 3.20. The zero-order valence-electron chi connectivity index (χ0n) is 11.9. The van der Waals surface area contributed by atoms with E-state index in [-0.39, 0.29) is 0 Å². The van der Waals surface area contributed by atoms with E-state index < -0.39 is 18.1 Å². The van der Waals surface area contributed by atoms with Crippen molar-refractivity contribution in [2.75, 3.05) is 26.9 Å². The summed E-state index contributed by atoms with van der Waals surface area (Å²) in [5.41, 5.74) is 0. The van der Waals surface area contributed by atoms with E-state index in [0.29, 0.717) is 19.8 Å². The molecule has 0 aliphatic heterocycles. The van der Waals surface area contributed by atoms with E-state index in [9.17, 15) is 0 Å². The van der Waals surface area contributed by atoms with E-state index in [0.717, 1.165) is 12.8 Å². The third kappa shape index (κ3) is 8.55. The molecule has 0 amide bonds. The van der Waals surface area contributed by atoms with Gasteiger partial charge in [0, 0.05) is 0 Å². The molecule has 6 nitrogen and oxygen atoms in total. The van der Waals surface area contributed by atoms with Crippen LogP contribution in [0.1, 0.15) is 46.5 Å². The third-order valence-corrected chi connectivity index (χ3v) is 4.74. The molecule has 0 N–H and O–H groups in total. The number of hydrogen-bond donors (Lipinski definition) is 0. The first kappa shape index (κ1) is 18.5. The predicted molar refractivity (Wildman–Crippen MR) is 62.5 cm³/mol. The van der Waals surface area contributed by atoms with Gasteiger partial charge >= 0.3 is 115 Å². The summed E-state index contributed by atoms with van der Waals surface area (Å²) >= 11 is -3.86. The van der Waals surface area contributed by atoms with E-state index in [1.54, 1.807) is 0 Å². The van der Waals surface area contributed by atoms with Gasteiger partial charge in [-0.1, -0.05) is 0 Å². The number of unbranched alkanes of at least 4 members (excludes halogenated alkanes) is 3. The van der Waals surface area contributed by atoms with Crippen LogP contribution in [0.25, 0.3) is 0 Å². The topological polar surface area (TPSA) is 55.4 Å². The Hall–Kier alpha value is 0.474. The molecule has 0 spiro atoms. The van der Waals surface area contributed by atoms with Crippen LogP contribution in [-0.2, 0) is 41.5 Å². The fourth-order valence-electron chi connectivity index (χ4n) is 1.18. The molecule has 0 saturated carbocycles. The van der Waals surface area contributed by atoms with Gasteiger partial charge in [0.15, 0.2) is 0 Å². The van der Waals surface area contributed by atoms with Gasteiger partial charge in [-0.2, -0.15) is 0 Å². The Morgan fingerprint density at radius 2 is 1.44 bits per heavy atom. The van der Waals surface area contributed by atoms with E-state index in [1.165, 1.54) is 20.0 Å².